The van der Waals surface area contributed by atoms with Crippen LogP contribution in [0.3, 0.4) is 0 Å². The maximum Gasteiger partial charge on any atom is 0.260 e. The Labute approximate surface area is 186 Å². The summed E-state index contributed by atoms with van der Waals surface area (Å²) in [5.41, 5.74) is 1.96. The smallest absolute Gasteiger partial charge is 0.260 e. The van der Waals surface area contributed by atoms with E-state index in [1.165, 1.54) is 4.88 Å². The monoisotopic (exact) mass is 485 g/mol. The highest BCUT2D eigenvalue weighted by Crippen LogP contribution is 2.38. The number of aryl methyl sites for hydroxylation is 2. The van der Waals surface area contributed by atoms with E-state index in [-0.39, 0.29) is 17.0 Å². The van der Waals surface area contributed by atoms with Crippen molar-refractivity contribution in [2.75, 3.05) is 13.7 Å². The summed E-state index contributed by atoms with van der Waals surface area (Å²) in [6.07, 6.45) is 5.83. The standard InChI is InChI=1S/C22H20BrN3O3S/c1-3-29-16-10-12(9-15(23)19(16)28-2)8-13(11-24)20-25-21(27)18-14-6-4-5-7-17(14)30-22(18)26-20/h8-10H,3-7H2,1-2H3,(H,25,26,27)/b13-8+. The summed E-state index contributed by atoms with van der Waals surface area (Å²) in [5, 5.41) is 10.4. The number of aromatic amines is 1. The molecular formula is C22H20BrN3O3S. The van der Waals surface area contributed by atoms with Gasteiger partial charge in [-0.25, -0.2) is 4.98 Å². The SMILES string of the molecule is CCOc1cc(/C=C(\C#N)c2nc3sc4c(c3c(=O)[nH]2)CCCC4)cc(Br)c1OC. The van der Waals surface area contributed by atoms with Gasteiger partial charge in [-0.2, -0.15) is 5.26 Å². The van der Waals surface area contributed by atoms with E-state index in [2.05, 4.69) is 32.0 Å². The lowest BCUT2D eigenvalue weighted by atomic mass is 9.97. The molecule has 4 rings (SSSR count). The Kier molecular flexibility index (Phi) is 5.93. The Morgan fingerprint density at radius 1 is 1.40 bits per heavy atom. The average molecular weight is 486 g/mol. The Morgan fingerprint density at radius 3 is 2.93 bits per heavy atom. The summed E-state index contributed by atoms with van der Waals surface area (Å²) in [6, 6.07) is 5.79. The van der Waals surface area contributed by atoms with Crippen molar-refractivity contribution < 1.29 is 9.47 Å². The molecule has 0 saturated carbocycles. The number of thiophene rings is 1. The van der Waals surface area contributed by atoms with Crippen molar-refractivity contribution in [2.45, 2.75) is 32.6 Å². The van der Waals surface area contributed by atoms with Gasteiger partial charge in [-0.05, 0) is 77.9 Å². The van der Waals surface area contributed by atoms with Crippen LogP contribution in [0, 0.1) is 11.3 Å². The molecule has 0 amide bonds. The van der Waals surface area contributed by atoms with Crippen LogP contribution in [0.25, 0.3) is 21.9 Å². The zero-order valence-electron chi connectivity index (χ0n) is 16.7. The summed E-state index contributed by atoms with van der Waals surface area (Å²) in [6.45, 7) is 2.37. The van der Waals surface area contributed by atoms with Crippen molar-refractivity contribution >= 4 is 49.1 Å². The van der Waals surface area contributed by atoms with Crippen LogP contribution in [-0.4, -0.2) is 23.7 Å². The van der Waals surface area contributed by atoms with Crippen LogP contribution in [0.2, 0.25) is 0 Å². The summed E-state index contributed by atoms with van der Waals surface area (Å²) in [4.78, 5) is 22.2. The van der Waals surface area contributed by atoms with Crippen LogP contribution in [0.4, 0.5) is 0 Å². The second kappa shape index (κ2) is 8.62. The van der Waals surface area contributed by atoms with Gasteiger partial charge >= 0.3 is 0 Å². The second-order valence-electron chi connectivity index (χ2n) is 6.94. The molecule has 2 heterocycles. The van der Waals surface area contributed by atoms with Crippen LogP contribution in [0.1, 0.15) is 41.6 Å². The molecule has 0 atom stereocenters. The van der Waals surface area contributed by atoms with Gasteiger partial charge in [0.25, 0.3) is 5.56 Å². The number of aromatic nitrogens is 2. The number of rotatable bonds is 5. The molecule has 6 nitrogen and oxygen atoms in total. The number of allylic oxidation sites excluding steroid dienone is 1. The fourth-order valence-electron chi connectivity index (χ4n) is 3.74. The number of ether oxygens (including phenoxy) is 2. The van der Waals surface area contributed by atoms with Crippen molar-refractivity contribution in [1.82, 2.24) is 9.97 Å². The van der Waals surface area contributed by atoms with E-state index in [1.807, 2.05) is 13.0 Å². The van der Waals surface area contributed by atoms with Gasteiger partial charge in [0.1, 0.15) is 10.9 Å². The first-order chi connectivity index (χ1) is 14.5. The molecule has 0 saturated heterocycles. The van der Waals surface area contributed by atoms with Crippen molar-refractivity contribution in [3.05, 3.63) is 48.8 Å². The molecule has 1 aliphatic carbocycles. The highest BCUT2D eigenvalue weighted by molar-refractivity contribution is 9.10. The van der Waals surface area contributed by atoms with Gasteiger partial charge in [0.05, 0.1) is 29.1 Å². The summed E-state index contributed by atoms with van der Waals surface area (Å²) >= 11 is 5.05. The predicted molar refractivity (Wildman–Crippen MR) is 122 cm³/mol. The molecule has 0 radical (unpaired) electrons. The van der Waals surface area contributed by atoms with Crippen LogP contribution >= 0.6 is 27.3 Å². The molecule has 8 heteroatoms. The second-order valence-corrected chi connectivity index (χ2v) is 8.88. The number of halogens is 1. The third-order valence-corrected chi connectivity index (χ3v) is 6.82. The first-order valence-electron chi connectivity index (χ1n) is 9.72. The van der Waals surface area contributed by atoms with Crippen LogP contribution < -0.4 is 15.0 Å². The molecule has 0 bridgehead atoms. The third kappa shape index (κ3) is 3.75. The number of benzene rings is 1. The molecule has 1 aromatic carbocycles. The van der Waals surface area contributed by atoms with Crippen molar-refractivity contribution in [2.24, 2.45) is 0 Å². The third-order valence-electron chi connectivity index (χ3n) is 5.05. The lowest BCUT2D eigenvalue weighted by Gasteiger charge is -2.12. The fraction of sp³-hybridized carbons (Fsp3) is 0.318. The Morgan fingerprint density at radius 2 is 2.20 bits per heavy atom. The molecule has 2 aromatic heterocycles. The molecule has 154 valence electrons. The maximum absolute atomic E-state index is 12.8. The lowest BCUT2D eigenvalue weighted by molar-refractivity contribution is 0.310. The van der Waals surface area contributed by atoms with Gasteiger partial charge in [0.15, 0.2) is 17.3 Å². The molecule has 0 spiro atoms. The first kappa shape index (κ1) is 20.6. The maximum atomic E-state index is 12.8. The molecule has 30 heavy (non-hydrogen) atoms. The van der Waals surface area contributed by atoms with E-state index in [1.54, 1.807) is 30.6 Å². The topological polar surface area (TPSA) is 88.0 Å². The molecule has 0 fully saturated rings. The van der Waals surface area contributed by atoms with Crippen LogP contribution in [0.15, 0.2) is 21.4 Å². The number of fused-ring (bicyclic) bond motifs is 3. The van der Waals surface area contributed by atoms with E-state index in [4.69, 9.17) is 9.47 Å². The number of nitriles is 1. The predicted octanol–water partition coefficient (Wildman–Crippen LogP) is 5.10. The molecule has 1 N–H and O–H groups in total. The Hall–Kier alpha value is -2.63. The normalized spacial score (nSPS) is 13.7. The van der Waals surface area contributed by atoms with Crippen molar-refractivity contribution in [3.63, 3.8) is 0 Å². The fourth-order valence-corrected chi connectivity index (χ4v) is 5.63. The number of hydrogen-bond donors (Lipinski definition) is 1. The van der Waals surface area contributed by atoms with Gasteiger partial charge < -0.3 is 14.5 Å². The molecule has 1 aliphatic rings. The van der Waals surface area contributed by atoms with Crippen LogP contribution in [0.5, 0.6) is 11.5 Å². The first-order valence-corrected chi connectivity index (χ1v) is 11.3. The van der Waals surface area contributed by atoms with Crippen molar-refractivity contribution in [1.29, 1.82) is 5.26 Å². The number of nitrogens with zero attached hydrogens (tertiary/aromatic N) is 2. The highest BCUT2D eigenvalue weighted by atomic mass is 79.9. The number of H-pyrrole nitrogens is 1. The zero-order valence-corrected chi connectivity index (χ0v) is 19.1. The highest BCUT2D eigenvalue weighted by Gasteiger charge is 2.20. The van der Waals surface area contributed by atoms with Crippen LogP contribution in [-0.2, 0) is 12.8 Å². The number of methoxy groups -OCH3 is 1. The minimum absolute atomic E-state index is 0.179. The zero-order chi connectivity index (χ0) is 21.3. The molecule has 3 aromatic rings. The molecule has 0 unspecified atom stereocenters. The van der Waals surface area contributed by atoms with E-state index in [9.17, 15) is 10.1 Å². The minimum Gasteiger partial charge on any atom is -0.492 e. The quantitative estimate of drug-likeness (QED) is 0.507. The molecule has 0 aliphatic heterocycles. The van der Waals surface area contributed by atoms with Gasteiger partial charge in [-0.1, -0.05) is 0 Å². The average Bonchev–Trinajstić information content (AvgIpc) is 3.11. The Bertz CT molecular complexity index is 1250. The minimum atomic E-state index is -0.179. The van der Waals surface area contributed by atoms with E-state index >= 15 is 0 Å². The lowest BCUT2D eigenvalue weighted by Crippen LogP contribution is -2.12. The number of hydrogen-bond acceptors (Lipinski definition) is 6. The molecular weight excluding hydrogens is 466 g/mol. The number of nitrogens with one attached hydrogen (secondary N) is 1. The summed E-state index contributed by atoms with van der Waals surface area (Å²) in [7, 11) is 1.57. The summed E-state index contributed by atoms with van der Waals surface area (Å²) in [5.74, 6) is 1.43. The van der Waals surface area contributed by atoms with E-state index in [0.29, 0.717) is 32.8 Å². The largest absolute Gasteiger partial charge is 0.492 e. The van der Waals surface area contributed by atoms with Gasteiger partial charge in [-0.15, -0.1) is 11.3 Å². The van der Waals surface area contributed by atoms with Gasteiger partial charge in [0, 0.05) is 4.88 Å². The van der Waals surface area contributed by atoms with E-state index in [0.717, 1.165) is 36.8 Å². The van der Waals surface area contributed by atoms with Gasteiger partial charge in [0.2, 0.25) is 0 Å². The van der Waals surface area contributed by atoms with Gasteiger partial charge in [-0.3, -0.25) is 4.79 Å². The Balaban J connectivity index is 1.81. The van der Waals surface area contributed by atoms with Crippen molar-refractivity contribution in [3.8, 4) is 17.6 Å². The van der Waals surface area contributed by atoms with E-state index < -0.39 is 0 Å². The summed E-state index contributed by atoms with van der Waals surface area (Å²) < 4.78 is 11.8.